The molecule has 1 aliphatic heterocycles. The van der Waals surface area contributed by atoms with Crippen LogP contribution in [0.2, 0.25) is 0 Å². The van der Waals surface area contributed by atoms with E-state index in [1.807, 2.05) is 0 Å². The lowest BCUT2D eigenvalue weighted by atomic mass is 10.0. The molecule has 6 nitrogen and oxygen atoms in total. The van der Waals surface area contributed by atoms with Gasteiger partial charge >= 0.3 is 5.97 Å². The summed E-state index contributed by atoms with van der Waals surface area (Å²) in [7, 11) is -3.97. The number of ether oxygens (including phenoxy) is 1. The molecule has 3 aromatic rings. The molecule has 30 heavy (non-hydrogen) atoms. The van der Waals surface area contributed by atoms with Gasteiger partial charge in [-0.25, -0.2) is 13.2 Å². The van der Waals surface area contributed by atoms with Crippen molar-refractivity contribution < 1.29 is 27.5 Å². The number of carbonyl (C=O) groups is 3. The van der Waals surface area contributed by atoms with E-state index >= 15 is 0 Å². The van der Waals surface area contributed by atoms with Crippen molar-refractivity contribution in [1.82, 2.24) is 0 Å². The fourth-order valence-electron chi connectivity index (χ4n) is 3.17. The van der Waals surface area contributed by atoms with E-state index in [1.165, 1.54) is 30.3 Å². The van der Waals surface area contributed by atoms with Crippen LogP contribution in [0.4, 0.5) is 0 Å². The second kappa shape index (κ2) is 7.62. The van der Waals surface area contributed by atoms with Gasteiger partial charge in [-0.2, -0.15) is 0 Å². The maximum Gasteiger partial charge on any atom is 0.338 e. The predicted molar refractivity (Wildman–Crippen MR) is 111 cm³/mol. The van der Waals surface area contributed by atoms with E-state index in [2.05, 4.69) is 15.9 Å². The Hall–Kier alpha value is -3.10. The summed E-state index contributed by atoms with van der Waals surface area (Å²) in [5, 5.41) is 0. The summed E-state index contributed by atoms with van der Waals surface area (Å²) < 4.78 is 31.6. The molecule has 0 aromatic heterocycles. The number of Topliss-reactive ketones (excluding diaryl/α,β-unsaturated/α-hetero) is 1. The SMILES string of the molecule is O=C(COC(=O)c1ccc2c(c1)S(=O)(=O)c1ccccc1C2=O)c1cccc(Br)c1. The van der Waals surface area contributed by atoms with Crippen molar-refractivity contribution in [2.24, 2.45) is 0 Å². The number of esters is 1. The first-order chi connectivity index (χ1) is 14.3. The molecule has 0 N–H and O–H groups in total. The maximum absolute atomic E-state index is 12.9. The number of rotatable bonds is 4. The van der Waals surface area contributed by atoms with Gasteiger partial charge in [0.05, 0.1) is 15.4 Å². The van der Waals surface area contributed by atoms with Crippen molar-refractivity contribution in [1.29, 1.82) is 0 Å². The van der Waals surface area contributed by atoms with Gasteiger partial charge in [0.25, 0.3) is 0 Å². The van der Waals surface area contributed by atoms with Crippen LogP contribution in [0.15, 0.2) is 81.0 Å². The molecule has 3 aromatic carbocycles. The molecule has 8 heteroatoms. The van der Waals surface area contributed by atoms with Gasteiger partial charge in [0.2, 0.25) is 9.84 Å². The first-order valence-electron chi connectivity index (χ1n) is 8.78. The molecule has 1 aliphatic rings. The summed E-state index contributed by atoms with van der Waals surface area (Å²) in [6.45, 7) is -0.499. The summed E-state index contributed by atoms with van der Waals surface area (Å²) in [5.74, 6) is -1.69. The van der Waals surface area contributed by atoms with Gasteiger partial charge in [-0.05, 0) is 42.5 Å². The molecule has 0 unspecified atom stereocenters. The lowest BCUT2D eigenvalue weighted by Gasteiger charge is -2.19. The van der Waals surface area contributed by atoms with Crippen LogP contribution >= 0.6 is 15.9 Å². The minimum Gasteiger partial charge on any atom is -0.454 e. The van der Waals surface area contributed by atoms with E-state index < -0.39 is 34.0 Å². The van der Waals surface area contributed by atoms with Crippen molar-refractivity contribution in [3.63, 3.8) is 0 Å². The molecule has 1 heterocycles. The number of carbonyl (C=O) groups excluding carboxylic acids is 3. The van der Waals surface area contributed by atoms with Crippen LogP contribution < -0.4 is 0 Å². The van der Waals surface area contributed by atoms with E-state index in [4.69, 9.17) is 4.74 Å². The Bertz CT molecular complexity index is 1330. The highest BCUT2D eigenvalue weighted by molar-refractivity contribution is 9.10. The highest BCUT2D eigenvalue weighted by Gasteiger charge is 2.35. The number of hydrogen-bond donors (Lipinski definition) is 0. The van der Waals surface area contributed by atoms with Crippen molar-refractivity contribution in [2.75, 3.05) is 6.61 Å². The van der Waals surface area contributed by atoms with Gasteiger partial charge in [0.1, 0.15) is 0 Å². The fraction of sp³-hybridized carbons (Fsp3) is 0.0455. The molecule has 0 atom stereocenters. The third kappa shape index (κ3) is 3.48. The third-order valence-electron chi connectivity index (χ3n) is 4.65. The number of fused-ring (bicyclic) bond motifs is 2. The molecule has 0 aliphatic carbocycles. The molecule has 0 saturated carbocycles. The summed E-state index contributed by atoms with van der Waals surface area (Å²) in [4.78, 5) is 36.9. The molecule has 150 valence electrons. The average molecular weight is 485 g/mol. The number of sulfone groups is 1. The molecule has 0 saturated heterocycles. The molecule has 0 fully saturated rings. The van der Waals surface area contributed by atoms with E-state index in [0.717, 1.165) is 6.07 Å². The Labute approximate surface area is 180 Å². The Balaban J connectivity index is 1.60. The fourth-order valence-corrected chi connectivity index (χ4v) is 5.25. The molecule has 4 rings (SSSR count). The average Bonchev–Trinajstić information content (AvgIpc) is 2.75. The van der Waals surface area contributed by atoms with E-state index in [0.29, 0.717) is 10.0 Å². The van der Waals surface area contributed by atoms with E-state index in [1.54, 1.807) is 30.3 Å². The van der Waals surface area contributed by atoms with Crippen LogP contribution in [0.1, 0.15) is 36.6 Å². The summed E-state index contributed by atoms with van der Waals surface area (Å²) in [6.07, 6.45) is 0. The van der Waals surface area contributed by atoms with Crippen LogP contribution in [-0.2, 0) is 14.6 Å². The number of ketones is 2. The summed E-state index contributed by atoms with van der Waals surface area (Å²) >= 11 is 3.26. The van der Waals surface area contributed by atoms with Crippen molar-refractivity contribution in [3.05, 3.63) is 93.5 Å². The predicted octanol–water partition coefficient (Wildman–Crippen LogP) is 3.87. The lowest BCUT2D eigenvalue weighted by molar-refractivity contribution is 0.0474. The van der Waals surface area contributed by atoms with E-state index in [9.17, 15) is 22.8 Å². The van der Waals surface area contributed by atoms with Crippen molar-refractivity contribution in [3.8, 4) is 0 Å². The van der Waals surface area contributed by atoms with Gasteiger partial charge in [-0.3, -0.25) is 9.59 Å². The largest absolute Gasteiger partial charge is 0.454 e. The molecular formula is C22H13BrO6S. The van der Waals surface area contributed by atoms with Crippen molar-refractivity contribution >= 4 is 43.3 Å². The van der Waals surface area contributed by atoms with Crippen LogP contribution in [0, 0.1) is 0 Å². The minimum atomic E-state index is -3.97. The summed E-state index contributed by atoms with van der Waals surface area (Å²) in [5.41, 5.74) is 0.398. The van der Waals surface area contributed by atoms with Crippen molar-refractivity contribution in [2.45, 2.75) is 9.79 Å². The Morgan fingerprint density at radius 2 is 1.57 bits per heavy atom. The lowest BCUT2D eigenvalue weighted by Crippen LogP contribution is -2.21. The maximum atomic E-state index is 12.9. The molecule has 0 radical (unpaired) electrons. The zero-order valence-corrected chi connectivity index (χ0v) is 17.7. The highest BCUT2D eigenvalue weighted by Crippen LogP contribution is 2.34. The van der Waals surface area contributed by atoms with Gasteiger partial charge in [-0.1, -0.05) is 40.2 Å². The monoisotopic (exact) mass is 484 g/mol. The zero-order chi connectivity index (χ0) is 21.5. The summed E-state index contributed by atoms with van der Waals surface area (Å²) in [6, 6.07) is 16.3. The van der Waals surface area contributed by atoms with Crippen LogP contribution in [0.3, 0.4) is 0 Å². The van der Waals surface area contributed by atoms with Crippen LogP contribution in [0.25, 0.3) is 0 Å². The normalized spacial score (nSPS) is 13.8. The van der Waals surface area contributed by atoms with Crippen LogP contribution in [-0.4, -0.2) is 32.6 Å². The van der Waals surface area contributed by atoms with E-state index in [-0.39, 0.29) is 26.5 Å². The minimum absolute atomic E-state index is 0.00420. The number of halogens is 1. The Morgan fingerprint density at radius 3 is 2.33 bits per heavy atom. The topological polar surface area (TPSA) is 94.6 Å². The second-order valence-corrected chi connectivity index (χ2v) is 9.35. The van der Waals surface area contributed by atoms with Crippen LogP contribution in [0.5, 0.6) is 0 Å². The number of benzene rings is 3. The standard InChI is InChI=1S/C22H13BrO6S/c23-15-5-3-4-13(10-15)18(24)12-29-22(26)14-8-9-17-20(11-14)30(27,28)19-7-2-1-6-16(19)21(17)25/h1-11H,12H2. The smallest absolute Gasteiger partial charge is 0.338 e. The molecule has 0 spiro atoms. The molecule has 0 bridgehead atoms. The second-order valence-electron chi connectivity index (χ2n) is 6.55. The quantitative estimate of drug-likeness (QED) is 0.322. The Kier molecular flexibility index (Phi) is 5.13. The Morgan fingerprint density at radius 1 is 0.833 bits per heavy atom. The first kappa shape index (κ1) is 20.2. The first-order valence-corrected chi connectivity index (χ1v) is 11.1. The third-order valence-corrected chi connectivity index (χ3v) is 7.00. The molecule has 0 amide bonds. The highest BCUT2D eigenvalue weighted by atomic mass is 79.9. The van der Waals surface area contributed by atoms with Gasteiger partial charge < -0.3 is 4.74 Å². The number of hydrogen-bond acceptors (Lipinski definition) is 6. The van der Waals surface area contributed by atoms with Gasteiger partial charge in [-0.15, -0.1) is 0 Å². The zero-order valence-electron chi connectivity index (χ0n) is 15.3. The van der Waals surface area contributed by atoms with Gasteiger partial charge in [0, 0.05) is 21.2 Å². The molecular weight excluding hydrogens is 472 g/mol. The van der Waals surface area contributed by atoms with Gasteiger partial charge in [0.15, 0.2) is 18.2 Å².